The van der Waals surface area contributed by atoms with Gasteiger partial charge in [0.1, 0.15) is 5.82 Å². The fraction of sp³-hybridized carbons (Fsp3) is 0.269. The SMILES string of the molecule is CCc1ccc(C(=O)N2CCc3cc(OC)c(OC)cc3[C@@H]2c2ccc(F)cc2)cc1. The molecule has 0 spiro atoms. The lowest BCUT2D eigenvalue weighted by Gasteiger charge is -2.38. The van der Waals surface area contributed by atoms with Gasteiger partial charge in [-0.3, -0.25) is 4.79 Å². The summed E-state index contributed by atoms with van der Waals surface area (Å²) >= 11 is 0. The minimum atomic E-state index is -0.345. The van der Waals surface area contributed by atoms with Gasteiger partial charge < -0.3 is 14.4 Å². The van der Waals surface area contributed by atoms with Crippen molar-refractivity contribution in [1.82, 2.24) is 4.90 Å². The Morgan fingerprint density at radius 3 is 2.26 bits per heavy atom. The number of halogens is 1. The van der Waals surface area contributed by atoms with E-state index in [1.807, 2.05) is 41.3 Å². The Hall–Kier alpha value is -3.34. The monoisotopic (exact) mass is 419 g/mol. The maximum Gasteiger partial charge on any atom is 0.254 e. The third-order valence-corrected chi connectivity index (χ3v) is 5.93. The highest BCUT2D eigenvalue weighted by molar-refractivity contribution is 5.95. The third-order valence-electron chi connectivity index (χ3n) is 5.93. The summed E-state index contributed by atoms with van der Waals surface area (Å²) in [5.74, 6) is 0.918. The van der Waals surface area contributed by atoms with Gasteiger partial charge in [-0.05, 0) is 71.5 Å². The van der Waals surface area contributed by atoms with Gasteiger partial charge in [0, 0.05) is 12.1 Å². The second-order valence-corrected chi connectivity index (χ2v) is 7.66. The predicted octanol–water partition coefficient (Wildman–Crippen LogP) is 5.19. The highest BCUT2D eigenvalue weighted by atomic mass is 19.1. The first-order chi connectivity index (χ1) is 15.0. The number of rotatable bonds is 5. The van der Waals surface area contributed by atoms with Gasteiger partial charge in [0.2, 0.25) is 0 Å². The average molecular weight is 419 g/mol. The van der Waals surface area contributed by atoms with E-state index in [0.29, 0.717) is 30.0 Å². The van der Waals surface area contributed by atoms with Crippen LogP contribution in [0.25, 0.3) is 0 Å². The van der Waals surface area contributed by atoms with Crippen molar-refractivity contribution in [3.05, 3.63) is 94.3 Å². The summed E-state index contributed by atoms with van der Waals surface area (Å²) in [5, 5.41) is 0. The van der Waals surface area contributed by atoms with Crippen LogP contribution >= 0.6 is 0 Å². The predicted molar refractivity (Wildman–Crippen MR) is 118 cm³/mol. The van der Waals surface area contributed by atoms with Crippen LogP contribution in [-0.2, 0) is 12.8 Å². The molecule has 5 heteroatoms. The second-order valence-electron chi connectivity index (χ2n) is 7.66. The van der Waals surface area contributed by atoms with Gasteiger partial charge in [-0.1, -0.05) is 31.2 Å². The van der Waals surface area contributed by atoms with Crippen molar-refractivity contribution in [2.45, 2.75) is 25.8 Å². The van der Waals surface area contributed by atoms with E-state index < -0.39 is 0 Å². The Balaban J connectivity index is 1.81. The fourth-order valence-electron chi connectivity index (χ4n) is 4.22. The molecule has 3 aromatic carbocycles. The molecule has 1 aliphatic rings. The van der Waals surface area contributed by atoms with E-state index in [-0.39, 0.29) is 17.8 Å². The van der Waals surface area contributed by atoms with Crippen LogP contribution in [0.4, 0.5) is 4.39 Å². The number of carbonyl (C=O) groups is 1. The molecule has 1 aliphatic heterocycles. The first-order valence-electron chi connectivity index (χ1n) is 10.5. The van der Waals surface area contributed by atoms with E-state index in [1.165, 1.54) is 17.7 Å². The van der Waals surface area contributed by atoms with Crippen LogP contribution in [0.15, 0.2) is 60.7 Å². The van der Waals surface area contributed by atoms with Crippen LogP contribution in [0.1, 0.15) is 45.6 Å². The molecule has 0 N–H and O–H groups in total. The maximum absolute atomic E-state index is 13.6. The van der Waals surface area contributed by atoms with Gasteiger partial charge >= 0.3 is 0 Å². The lowest BCUT2D eigenvalue weighted by atomic mass is 9.87. The van der Waals surface area contributed by atoms with Gasteiger partial charge in [-0.2, -0.15) is 0 Å². The van der Waals surface area contributed by atoms with Gasteiger partial charge in [-0.25, -0.2) is 4.39 Å². The van der Waals surface area contributed by atoms with Gasteiger partial charge in [-0.15, -0.1) is 0 Å². The Morgan fingerprint density at radius 1 is 1.00 bits per heavy atom. The third kappa shape index (κ3) is 4.00. The van der Waals surface area contributed by atoms with Crippen molar-refractivity contribution in [3.63, 3.8) is 0 Å². The fourth-order valence-corrected chi connectivity index (χ4v) is 4.22. The number of hydrogen-bond acceptors (Lipinski definition) is 3. The van der Waals surface area contributed by atoms with Crippen LogP contribution < -0.4 is 9.47 Å². The summed E-state index contributed by atoms with van der Waals surface area (Å²) in [5.41, 5.74) is 4.75. The zero-order chi connectivity index (χ0) is 22.0. The summed E-state index contributed by atoms with van der Waals surface area (Å²) in [7, 11) is 3.21. The molecule has 0 bridgehead atoms. The molecule has 0 saturated carbocycles. The molecule has 0 saturated heterocycles. The number of carbonyl (C=O) groups excluding carboxylic acids is 1. The van der Waals surface area contributed by atoms with Gasteiger partial charge in [0.05, 0.1) is 20.3 Å². The van der Waals surface area contributed by atoms with E-state index in [4.69, 9.17) is 9.47 Å². The number of nitrogens with zero attached hydrogens (tertiary/aromatic N) is 1. The molecule has 1 amide bonds. The molecule has 3 aromatic rings. The largest absolute Gasteiger partial charge is 0.493 e. The molecule has 4 rings (SSSR count). The van der Waals surface area contributed by atoms with Crippen LogP contribution in [0.5, 0.6) is 11.5 Å². The minimum absolute atomic E-state index is 0.0441. The number of fused-ring (bicyclic) bond motifs is 1. The number of aryl methyl sites for hydroxylation is 1. The summed E-state index contributed by atoms with van der Waals surface area (Å²) < 4.78 is 24.6. The highest BCUT2D eigenvalue weighted by Crippen LogP contribution is 2.41. The van der Waals surface area contributed by atoms with Gasteiger partial charge in [0.15, 0.2) is 11.5 Å². The minimum Gasteiger partial charge on any atom is -0.493 e. The topological polar surface area (TPSA) is 38.8 Å². The van der Waals surface area contributed by atoms with E-state index in [2.05, 4.69) is 6.92 Å². The lowest BCUT2D eigenvalue weighted by molar-refractivity contribution is 0.0694. The molecular formula is C26H26FNO3. The van der Waals surface area contributed by atoms with E-state index in [0.717, 1.165) is 23.1 Å². The Labute approximate surface area is 182 Å². The zero-order valence-electron chi connectivity index (χ0n) is 18.0. The second kappa shape index (κ2) is 8.80. The van der Waals surface area contributed by atoms with Crippen LogP contribution in [0, 0.1) is 5.82 Å². The summed E-state index contributed by atoms with van der Waals surface area (Å²) in [6.07, 6.45) is 1.62. The molecule has 0 unspecified atom stereocenters. The van der Waals surface area contributed by atoms with Gasteiger partial charge in [0.25, 0.3) is 5.91 Å². The number of benzene rings is 3. The van der Waals surface area contributed by atoms with Crippen molar-refractivity contribution in [2.75, 3.05) is 20.8 Å². The van der Waals surface area contributed by atoms with Crippen molar-refractivity contribution in [1.29, 1.82) is 0 Å². The molecule has 160 valence electrons. The van der Waals surface area contributed by atoms with Crippen molar-refractivity contribution in [2.24, 2.45) is 0 Å². The molecule has 31 heavy (non-hydrogen) atoms. The summed E-state index contributed by atoms with van der Waals surface area (Å²) in [4.78, 5) is 15.4. The van der Waals surface area contributed by atoms with Crippen LogP contribution in [0.3, 0.4) is 0 Å². The van der Waals surface area contributed by atoms with Crippen LogP contribution in [0.2, 0.25) is 0 Å². The number of methoxy groups -OCH3 is 2. The van der Waals surface area contributed by atoms with E-state index in [1.54, 1.807) is 26.4 Å². The molecule has 1 atom stereocenters. The normalized spacial score (nSPS) is 15.4. The number of ether oxygens (including phenoxy) is 2. The summed E-state index contributed by atoms with van der Waals surface area (Å²) in [6, 6.07) is 17.7. The van der Waals surface area contributed by atoms with E-state index >= 15 is 0 Å². The Bertz CT molecular complexity index is 1080. The first-order valence-corrected chi connectivity index (χ1v) is 10.5. The molecule has 0 radical (unpaired) electrons. The summed E-state index contributed by atoms with van der Waals surface area (Å²) in [6.45, 7) is 2.64. The van der Waals surface area contributed by atoms with Crippen LogP contribution in [-0.4, -0.2) is 31.6 Å². The molecular weight excluding hydrogens is 393 g/mol. The number of hydrogen-bond donors (Lipinski definition) is 0. The first kappa shape index (κ1) is 20.9. The standard InChI is InChI=1S/C26H26FNO3/c1-4-17-5-7-19(8-6-17)26(29)28-14-13-20-15-23(30-2)24(31-3)16-22(20)25(28)18-9-11-21(27)12-10-18/h5-12,15-16,25H,4,13-14H2,1-3H3/t25-/m0/s1. The molecule has 0 aromatic heterocycles. The Morgan fingerprint density at radius 2 is 1.65 bits per heavy atom. The molecule has 0 fully saturated rings. The molecule has 1 heterocycles. The van der Waals surface area contributed by atoms with Crippen molar-refractivity contribution >= 4 is 5.91 Å². The van der Waals surface area contributed by atoms with Crippen molar-refractivity contribution in [3.8, 4) is 11.5 Å². The number of amides is 1. The van der Waals surface area contributed by atoms with E-state index in [9.17, 15) is 9.18 Å². The maximum atomic E-state index is 13.6. The quantitative estimate of drug-likeness (QED) is 0.571. The molecule has 4 nitrogen and oxygen atoms in total. The highest BCUT2D eigenvalue weighted by Gasteiger charge is 2.33. The smallest absolute Gasteiger partial charge is 0.254 e. The lowest BCUT2D eigenvalue weighted by Crippen LogP contribution is -2.40. The van der Waals surface area contributed by atoms with Crippen molar-refractivity contribution < 1.29 is 18.7 Å². The Kier molecular flexibility index (Phi) is 5.94. The zero-order valence-corrected chi connectivity index (χ0v) is 18.0. The molecule has 0 aliphatic carbocycles. The average Bonchev–Trinajstić information content (AvgIpc) is 2.82.